The highest BCUT2D eigenvalue weighted by atomic mass is 15.0. The fourth-order valence-electron chi connectivity index (χ4n) is 2.57. The molecule has 3 nitrogen and oxygen atoms in total. The molecule has 15 heavy (non-hydrogen) atoms. The summed E-state index contributed by atoms with van der Waals surface area (Å²) in [6, 6.07) is 0. The Bertz CT molecular complexity index is 311. The molecule has 1 aromatic heterocycles. The Morgan fingerprint density at radius 1 is 1.33 bits per heavy atom. The molecule has 1 aromatic rings. The van der Waals surface area contributed by atoms with Crippen LogP contribution in [-0.2, 0) is 6.54 Å². The molecule has 0 amide bonds. The van der Waals surface area contributed by atoms with Gasteiger partial charge in [-0.25, -0.2) is 4.98 Å². The first kappa shape index (κ1) is 10.7. The van der Waals surface area contributed by atoms with Crippen LogP contribution in [0.4, 0.5) is 0 Å². The van der Waals surface area contributed by atoms with Crippen molar-refractivity contribution in [2.75, 3.05) is 6.54 Å². The van der Waals surface area contributed by atoms with Crippen LogP contribution in [0.15, 0.2) is 12.4 Å². The van der Waals surface area contributed by atoms with Gasteiger partial charge in [0.1, 0.15) is 5.82 Å². The predicted molar refractivity (Wildman–Crippen MR) is 61.3 cm³/mol. The van der Waals surface area contributed by atoms with E-state index < -0.39 is 0 Å². The topological polar surface area (TPSA) is 40.7 Å². The van der Waals surface area contributed by atoms with E-state index in [0.717, 1.165) is 24.8 Å². The first-order valence-corrected chi connectivity index (χ1v) is 5.65. The Hall–Kier alpha value is -0.830. The van der Waals surface area contributed by atoms with E-state index in [1.54, 1.807) is 6.20 Å². The SMILES string of the molecule is CC1(C)C(CNCc2ncc[nH]2)C1(C)C. The molecule has 0 unspecified atom stereocenters. The lowest BCUT2D eigenvalue weighted by Crippen LogP contribution is -2.19. The Labute approximate surface area is 91.7 Å². The van der Waals surface area contributed by atoms with Crippen molar-refractivity contribution in [3.8, 4) is 0 Å². The highest BCUT2D eigenvalue weighted by Crippen LogP contribution is 2.67. The molecule has 1 saturated carbocycles. The van der Waals surface area contributed by atoms with Crippen molar-refractivity contribution >= 4 is 0 Å². The van der Waals surface area contributed by atoms with E-state index >= 15 is 0 Å². The summed E-state index contributed by atoms with van der Waals surface area (Å²) in [4.78, 5) is 7.29. The van der Waals surface area contributed by atoms with Crippen LogP contribution in [0.3, 0.4) is 0 Å². The zero-order chi connectivity index (χ0) is 11.1. The second-order valence-electron chi connectivity index (χ2n) is 5.66. The largest absolute Gasteiger partial charge is 0.348 e. The Morgan fingerprint density at radius 2 is 2.00 bits per heavy atom. The van der Waals surface area contributed by atoms with Crippen molar-refractivity contribution in [1.82, 2.24) is 15.3 Å². The third kappa shape index (κ3) is 1.69. The van der Waals surface area contributed by atoms with E-state index in [-0.39, 0.29) is 0 Å². The molecular formula is C12H21N3. The lowest BCUT2D eigenvalue weighted by atomic mass is 10.0. The average Bonchev–Trinajstić information content (AvgIpc) is 2.62. The molecule has 1 aliphatic carbocycles. The minimum Gasteiger partial charge on any atom is -0.348 e. The monoisotopic (exact) mass is 207 g/mol. The number of hydrogen-bond acceptors (Lipinski definition) is 2. The van der Waals surface area contributed by atoms with Gasteiger partial charge in [0.2, 0.25) is 0 Å². The lowest BCUT2D eigenvalue weighted by Gasteiger charge is -2.04. The molecule has 2 N–H and O–H groups in total. The molecule has 0 atom stereocenters. The first-order valence-electron chi connectivity index (χ1n) is 5.65. The maximum atomic E-state index is 4.19. The van der Waals surface area contributed by atoms with Gasteiger partial charge in [0.25, 0.3) is 0 Å². The minimum atomic E-state index is 0.475. The van der Waals surface area contributed by atoms with Gasteiger partial charge in [-0.1, -0.05) is 27.7 Å². The molecule has 0 aromatic carbocycles. The smallest absolute Gasteiger partial charge is 0.120 e. The third-order valence-electron chi connectivity index (χ3n) is 4.52. The average molecular weight is 207 g/mol. The predicted octanol–water partition coefficient (Wildman–Crippen LogP) is 2.18. The van der Waals surface area contributed by atoms with Crippen molar-refractivity contribution in [2.45, 2.75) is 34.2 Å². The number of nitrogens with zero attached hydrogens (tertiary/aromatic N) is 1. The molecule has 0 aliphatic heterocycles. The van der Waals surface area contributed by atoms with Crippen molar-refractivity contribution in [3.05, 3.63) is 18.2 Å². The number of hydrogen-bond donors (Lipinski definition) is 2. The third-order valence-corrected chi connectivity index (χ3v) is 4.52. The van der Waals surface area contributed by atoms with Crippen LogP contribution in [-0.4, -0.2) is 16.5 Å². The van der Waals surface area contributed by atoms with Gasteiger partial charge >= 0.3 is 0 Å². The Morgan fingerprint density at radius 3 is 2.47 bits per heavy atom. The van der Waals surface area contributed by atoms with Crippen LogP contribution >= 0.6 is 0 Å². The van der Waals surface area contributed by atoms with E-state index in [2.05, 4.69) is 43.0 Å². The molecule has 0 radical (unpaired) electrons. The van der Waals surface area contributed by atoms with Crippen LogP contribution in [0.1, 0.15) is 33.5 Å². The second kappa shape index (κ2) is 3.34. The summed E-state index contributed by atoms with van der Waals surface area (Å²) in [7, 11) is 0. The highest BCUT2D eigenvalue weighted by molar-refractivity contribution is 5.12. The molecular weight excluding hydrogens is 186 g/mol. The fourth-order valence-corrected chi connectivity index (χ4v) is 2.57. The Kier molecular flexibility index (Phi) is 2.38. The maximum Gasteiger partial charge on any atom is 0.120 e. The molecule has 2 rings (SSSR count). The van der Waals surface area contributed by atoms with Crippen LogP contribution in [0, 0.1) is 16.7 Å². The minimum absolute atomic E-state index is 0.475. The molecule has 0 spiro atoms. The van der Waals surface area contributed by atoms with E-state index in [0.29, 0.717) is 10.8 Å². The zero-order valence-electron chi connectivity index (χ0n) is 10.1. The highest BCUT2D eigenvalue weighted by Gasteiger charge is 2.63. The number of aromatic nitrogens is 2. The fraction of sp³-hybridized carbons (Fsp3) is 0.750. The van der Waals surface area contributed by atoms with E-state index in [1.165, 1.54) is 0 Å². The summed E-state index contributed by atoms with van der Waals surface area (Å²) in [5.74, 6) is 1.80. The van der Waals surface area contributed by atoms with E-state index in [1.807, 2.05) is 6.20 Å². The van der Waals surface area contributed by atoms with Crippen LogP contribution in [0.2, 0.25) is 0 Å². The van der Waals surface area contributed by atoms with Gasteiger partial charge in [0.05, 0.1) is 6.54 Å². The summed E-state index contributed by atoms with van der Waals surface area (Å²) >= 11 is 0. The van der Waals surface area contributed by atoms with E-state index in [9.17, 15) is 0 Å². The summed E-state index contributed by atoms with van der Waals surface area (Å²) < 4.78 is 0. The molecule has 1 heterocycles. The van der Waals surface area contributed by atoms with Crippen LogP contribution in [0.25, 0.3) is 0 Å². The van der Waals surface area contributed by atoms with Crippen molar-refractivity contribution < 1.29 is 0 Å². The zero-order valence-corrected chi connectivity index (χ0v) is 10.1. The number of rotatable bonds is 4. The molecule has 1 fully saturated rings. The summed E-state index contributed by atoms with van der Waals surface area (Å²) in [5.41, 5.74) is 0.951. The maximum absolute atomic E-state index is 4.19. The van der Waals surface area contributed by atoms with Crippen LogP contribution < -0.4 is 5.32 Å². The van der Waals surface area contributed by atoms with Gasteiger partial charge in [-0.2, -0.15) is 0 Å². The van der Waals surface area contributed by atoms with Gasteiger partial charge < -0.3 is 10.3 Å². The summed E-state index contributed by atoms with van der Waals surface area (Å²) in [6.45, 7) is 11.3. The van der Waals surface area contributed by atoms with Gasteiger partial charge in [0.15, 0.2) is 0 Å². The van der Waals surface area contributed by atoms with Crippen molar-refractivity contribution in [2.24, 2.45) is 16.7 Å². The van der Waals surface area contributed by atoms with Gasteiger partial charge in [-0.3, -0.25) is 0 Å². The number of nitrogens with one attached hydrogen (secondary N) is 2. The molecule has 1 aliphatic rings. The van der Waals surface area contributed by atoms with E-state index in [4.69, 9.17) is 0 Å². The second-order valence-corrected chi connectivity index (χ2v) is 5.66. The quantitative estimate of drug-likeness (QED) is 0.794. The van der Waals surface area contributed by atoms with Crippen molar-refractivity contribution in [1.29, 1.82) is 0 Å². The van der Waals surface area contributed by atoms with Gasteiger partial charge in [-0.15, -0.1) is 0 Å². The lowest BCUT2D eigenvalue weighted by molar-refractivity contribution is 0.457. The molecule has 0 saturated heterocycles. The molecule has 0 bridgehead atoms. The van der Waals surface area contributed by atoms with Crippen molar-refractivity contribution in [3.63, 3.8) is 0 Å². The summed E-state index contributed by atoms with van der Waals surface area (Å²) in [5, 5.41) is 3.47. The van der Waals surface area contributed by atoms with Gasteiger partial charge in [-0.05, 0) is 23.3 Å². The normalized spacial score (nSPS) is 22.9. The van der Waals surface area contributed by atoms with Gasteiger partial charge in [0, 0.05) is 12.4 Å². The molecule has 3 heteroatoms. The first-order chi connectivity index (χ1) is 6.96. The Balaban J connectivity index is 1.77. The number of H-pyrrole nitrogens is 1. The summed E-state index contributed by atoms with van der Waals surface area (Å²) in [6.07, 6.45) is 3.66. The molecule has 84 valence electrons. The standard InChI is InChI=1S/C12H21N3/c1-11(2)9(12(11,3)4)7-13-8-10-14-5-6-15-10/h5-6,9,13H,7-8H2,1-4H3,(H,14,15). The van der Waals surface area contributed by atoms with Crippen LogP contribution in [0.5, 0.6) is 0 Å². The number of imidazole rings is 1. The number of aromatic amines is 1.